The molecule has 168 valence electrons. The van der Waals surface area contributed by atoms with Gasteiger partial charge in [-0.3, -0.25) is 9.78 Å². The molecule has 9 heteroatoms. The lowest BCUT2D eigenvalue weighted by molar-refractivity contribution is -0.130. The van der Waals surface area contributed by atoms with Gasteiger partial charge >= 0.3 is 0 Å². The van der Waals surface area contributed by atoms with Crippen LogP contribution in [0.1, 0.15) is 12.0 Å². The molecule has 33 heavy (non-hydrogen) atoms. The summed E-state index contributed by atoms with van der Waals surface area (Å²) in [6.07, 6.45) is 4.68. The molecule has 4 heterocycles. The maximum atomic E-state index is 13.0. The van der Waals surface area contributed by atoms with Gasteiger partial charge in [-0.05, 0) is 36.8 Å². The number of amides is 1. The van der Waals surface area contributed by atoms with Crippen molar-refractivity contribution < 1.29 is 9.53 Å². The number of carbonyl (C=O) groups excluding carboxylic acids is 1. The summed E-state index contributed by atoms with van der Waals surface area (Å²) in [5.74, 6) is 2.36. The fraction of sp³-hybridized carbons (Fsp3) is 0.292. The highest BCUT2D eigenvalue weighted by molar-refractivity contribution is 5.79. The van der Waals surface area contributed by atoms with Crippen LogP contribution in [0.3, 0.4) is 0 Å². The summed E-state index contributed by atoms with van der Waals surface area (Å²) in [4.78, 5) is 21.3. The van der Waals surface area contributed by atoms with Crippen molar-refractivity contribution in [3.8, 4) is 17.1 Å². The van der Waals surface area contributed by atoms with Gasteiger partial charge in [-0.2, -0.15) is 4.52 Å². The van der Waals surface area contributed by atoms with Crippen LogP contribution in [0.25, 0.3) is 17.0 Å². The lowest BCUT2D eigenvalue weighted by Crippen LogP contribution is -2.36. The second kappa shape index (κ2) is 9.23. The molecule has 0 bridgehead atoms. The molecule has 1 aliphatic heterocycles. The van der Waals surface area contributed by atoms with E-state index in [9.17, 15) is 4.79 Å². The van der Waals surface area contributed by atoms with Crippen molar-refractivity contribution >= 4 is 17.4 Å². The monoisotopic (exact) mass is 443 g/mol. The third-order valence-corrected chi connectivity index (χ3v) is 5.88. The molecule has 0 saturated carbocycles. The van der Waals surface area contributed by atoms with Crippen molar-refractivity contribution in [2.24, 2.45) is 0 Å². The van der Waals surface area contributed by atoms with Crippen LogP contribution >= 0.6 is 0 Å². The Morgan fingerprint density at radius 2 is 1.91 bits per heavy atom. The maximum absolute atomic E-state index is 13.0. The molecule has 0 atom stereocenters. The summed E-state index contributed by atoms with van der Waals surface area (Å²) in [5, 5.41) is 13.3. The van der Waals surface area contributed by atoms with Crippen LogP contribution in [0.15, 0.2) is 60.9 Å². The third-order valence-electron chi connectivity index (χ3n) is 5.88. The molecule has 0 spiro atoms. The van der Waals surface area contributed by atoms with E-state index in [0.717, 1.165) is 42.2 Å². The molecule has 1 amide bonds. The zero-order chi connectivity index (χ0) is 22.6. The minimum atomic E-state index is 0.113. The molecule has 3 aromatic heterocycles. The van der Waals surface area contributed by atoms with Gasteiger partial charge in [0.2, 0.25) is 5.91 Å². The number of benzene rings is 1. The minimum Gasteiger partial charge on any atom is -0.496 e. The largest absolute Gasteiger partial charge is 0.496 e. The molecule has 1 aromatic carbocycles. The zero-order valence-corrected chi connectivity index (χ0v) is 18.5. The first-order valence-corrected chi connectivity index (χ1v) is 11.0. The van der Waals surface area contributed by atoms with E-state index < -0.39 is 0 Å². The summed E-state index contributed by atoms with van der Waals surface area (Å²) < 4.78 is 7.15. The number of rotatable bonds is 5. The molecule has 0 unspecified atom stereocenters. The molecular formula is C24H25N7O2. The Morgan fingerprint density at radius 3 is 2.76 bits per heavy atom. The van der Waals surface area contributed by atoms with Crippen molar-refractivity contribution in [1.29, 1.82) is 0 Å². The number of hydrogen-bond donors (Lipinski definition) is 0. The van der Waals surface area contributed by atoms with Crippen LogP contribution < -0.4 is 9.64 Å². The van der Waals surface area contributed by atoms with Gasteiger partial charge in [0.15, 0.2) is 11.5 Å². The molecule has 0 radical (unpaired) electrons. The molecule has 5 rings (SSSR count). The van der Waals surface area contributed by atoms with E-state index in [2.05, 4.69) is 20.1 Å². The average molecular weight is 444 g/mol. The second-order valence-corrected chi connectivity index (χ2v) is 7.94. The maximum Gasteiger partial charge on any atom is 0.227 e. The third kappa shape index (κ3) is 4.34. The van der Waals surface area contributed by atoms with E-state index in [4.69, 9.17) is 9.84 Å². The number of methoxy groups -OCH3 is 1. The van der Waals surface area contributed by atoms with Crippen molar-refractivity contribution in [3.05, 3.63) is 66.5 Å². The highest BCUT2D eigenvalue weighted by Gasteiger charge is 2.22. The Labute approximate surface area is 191 Å². The average Bonchev–Trinajstić information content (AvgIpc) is 3.12. The lowest BCUT2D eigenvalue weighted by Gasteiger charge is -2.23. The molecular weight excluding hydrogens is 418 g/mol. The minimum absolute atomic E-state index is 0.113. The van der Waals surface area contributed by atoms with E-state index in [1.54, 1.807) is 24.0 Å². The molecule has 1 saturated heterocycles. The SMILES string of the molecule is COc1ccccc1CC(=O)N1CCCN(c2ccc3nnc(-c4cccnc4)n3n2)CC1. The quantitative estimate of drug-likeness (QED) is 0.468. The fourth-order valence-electron chi connectivity index (χ4n) is 4.14. The number of ether oxygens (including phenoxy) is 1. The first-order chi connectivity index (χ1) is 16.2. The molecule has 0 N–H and O–H groups in total. The Hall–Kier alpha value is -4.01. The van der Waals surface area contributed by atoms with Crippen LogP contribution in [-0.4, -0.2) is 68.9 Å². The number of carbonyl (C=O) groups is 1. The van der Waals surface area contributed by atoms with E-state index in [1.807, 2.05) is 53.4 Å². The number of fused-ring (bicyclic) bond motifs is 1. The normalized spacial score (nSPS) is 14.3. The van der Waals surface area contributed by atoms with E-state index in [1.165, 1.54) is 0 Å². The molecule has 9 nitrogen and oxygen atoms in total. The number of aromatic nitrogens is 5. The van der Waals surface area contributed by atoms with Crippen molar-refractivity contribution in [2.45, 2.75) is 12.8 Å². The summed E-state index contributed by atoms with van der Waals surface area (Å²) in [6, 6.07) is 15.4. The van der Waals surface area contributed by atoms with Gasteiger partial charge in [0.05, 0.1) is 13.5 Å². The van der Waals surface area contributed by atoms with Gasteiger partial charge in [0.1, 0.15) is 11.6 Å². The second-order valence-electron chi connectivity index (χ2n) is 7.94. The van der Waals surface area contributed by atoms with E-state index >= 15 is 0 Å². The Balaban J connectivity index is 1.31. The van der Waals surface area contributed by atoms with E-state index in [0.29, 0.717) is 31.0 Å². The van der Waals surface area contributed by atoms with Gasteiger partial charge in [-0.25, -0.2) is 0 Å². The summed E-state index contributed by atoms with van der Waals surface area (Å²) in [7, 11) is 1.63. The van der Waals surface area contributed by atoms with Gasteiger partial charge in [-0.1, -0.05) is 18.2 Å². The van der Waals surface area contributed by atoms with Crippen LogP contribution in [0.5, 0.6) is 5.75 Å². The predicted molar refractivity (Wildman–Crippen MR) is 124 cm³/mol. The number of anilines is 1. The summed E-state index contributed by atoms with van der Waals surface area (Å²) in [6.45, 7) is 2.90. The van der Waals surface area contributed by atoms with Gasteiger partial charge in [-0.15, -0.1) is 15.3 Å². The first-order valence-electron chi connectivity index (χ1n) is 11.0. The number of nitrogens with zero attached hydrogens (tertiary/aromatic N) is 7. The Morgan fingerprint density at radius 1 is 1.00 bits per heavy atom. The Bertz CT molecular complexity index is 1260. The molecule has 0 aliphatic carbocycles. The van der Waals surface area contributed by atoms with Crippen molar-refractivity contribution in [3.63, 3.8) is 0 Å². The molecule has 1 fully saturated rings. The van der Waals surface area contributed by atoms with Gasteiger partial charge < -0.3 is 14.5 Å². The summed E-state index contributed by atoms with van der Waals surface area (Å²) in [5.41, 5.74) is 2.45. The predicted octanol–water partition coefficient (Wildman–Crippen LogP) is 2.48. The number of pyridine rings is 1. The highest BCUT2D eigenvalue weighted by Crippen LogP contribution is 2.21. The number of para-hydroxylation sites is 1. The van der Waals surface area contributed by atoms with Crippen LogP contribution in [0.4, 0.5) is 5.82 Å². The van der Waals surface area contributed by atoms with Crippen molar-refractivity contribution in [1.82, 2.24) is 29.7 Å². The number of hydrogen-bond acceptors (Lipinski definition) is 7. The topological polar surface area (TPSA) is 88.8 Å². The fourth-order valence-corrected chi connectivity index (χ4v) is 4.14. The van der Waals surface area contributed by atoms with Gasteiger partial charge in [0, 0.05) is 49.7 Å². The summed E-state index contributed by atoms with van der Waals surface area (Å²) >= 11 is 0. The highest BCUT2D eigenvalue weighted by atomic mass is 16.5. The van der Waals surface area contributed by atoms with Crippen LogP contribution in [0.2, 0.25) is 0 Å². The lowest BCUT2D eigenvalue weighted by atomic mass is 10.1. The smallest absolute Gasteiger partial charge is 0.227 e. The molecule has 4 aromatic rings. The van der Waals surface area contributed by atoms with Gasteiger partial charge in [0.25, 0.3) is 0 Å². The first kappa shape index (κ1) is 20.9. The van der Waals surface area contributed by atoms with Crippen molar-refractivity contribution in [2.75, 3.05) is 38.2 Å². The Kier molecular flexibility index (Phi) is 5.84. The molecule has 1 aliphatic rings. The standard InChI is InChI=1S/C24H25N7O2/c1-33-20-8-3-2-6-18(20)16-23(32)30-13-5-12-29(14-15-30)22-10-9-21-26-27-24(31(21)28-22)19-7-4-11-25-17-19/h2-4,6-11,17H,5,12-16H2,1H3. The van der Waals surface area contributed by atoms with Crippen LogP contribution in [-0.2, 0) is 11.2 Å². The van der Waals surface area contributed by atoms with E-state index in [-0.39, 0.29) is 5.91 Å². The van der Waals surface area contributed by atoms with Crippen LogP contribution in [0, 0.1) is 0 Å². The zero-order valence-electron chi connectivity index (χ0n) is 18.5.